The van der Waals surface area contributed by atoms with E-state index in [0.29, 0.717) is 21.7 Å². The van der Waals surface area contributed by atoms with Gasteiger partial charge in [0.05, 0.1) is 5.75 Å². The van der Waals surface area contributed by atoms with Crippen LogP contribution in [0, 0.1) is 0 Å². The molecular formula is C22H17ClO3S. The first-order valence-electron chi connectivity index (χ1n) is 8.29. The third-order valence-electron chi connectivity index (χ3n) is 3.96. The van der Waals surface area contributed by atoms with Gasteiger partial charge in [0.1, 0.15) is 4.91 Å². The fraction of sp³-hybridized carbons (Fsp3) is 0.0455. The van der Waals surface area contributed by atoms with Crippen LogP contribution in [0.25, 0.3) is 6.08 Å². The summed E-state index contributed by atoms with van der Waals surface area (Å²) in [7, 11) is -3.85. The van der Waals surface area contributed by atoms with Crippen molar-refractivity contribution in [3.05, 3.63) is 112 Å². The topological polar surface area (TPSA) is 51.2 Å². The highest BCUT2D eigenvalue weighted by Gasteiger charge is 2.26. The van der Waals surface area contributed by atoms with Gasteiger partial charge in [-0.15, -0.1) is 0 Å². The second kappa shape index (κ2) is 8.33. The van der Waals surface area contributed by atoms with Crippen LogP contribution in [0.5, 0.6) is 0 Å². The van der Waals surface area contributed by atoms with Gasteiger partial charge in [-0.3, -0.25) is 4.79 Å². The number of Topliss-reactive ketones (excluding diaryl/α,β-unsaturated/α-hetero) is 1. The number of rotatable bonds is 6. The maximum atomic E-state index is 13.1. The van der Waals surface area contributed by atoms with E-state index in [9.17, 15) is 13.2 Å². The predicted octanol–water partition coefficient (Wildman–Crippen LogP) is 5.18. The predicted molar refractivity (Wildman–Crippen MR) is 109 cm³/mol. The van der Waals surface area contributed by atoms with E-state index >= 15 is 0 Å². The second-order valence-electron chi connectivity index (χ2n) is 6.00. The Balaban J connectivity index is 2.06. The molecule has 0 radical (unpaired) electrons. The average molecular weight is 397 g/mol. The zero-order chi connectivity index (χ0) is 19.3. The molecule has 0 atom stereocenters. The Labute approximate surface area is 163 Å². The molecule has 0 aliphatic carbocycles. The molecule has 3 nitrogen and oxygen atoms in total. The first-order chi connectivity index (χ1) is 13.0. The molecule has 0 spiro atoms. The van der Waals surface area contributed by atoms with Gasteiger partial charge in [-0.1, -0.05) is 84.4 Å². The van der Waals surface area contributed by atoms with Gasteiger partial charge in [-0.05, 0) is 29.3 Å². The Bertz CT molecular complexity index is 1060. The molecule has 5 heteroatoms. The molecule has 0 heterocycles. The minimum atomic E-state index is -3.85. The largest absolute Gasteiger partial charge is 0.288 e. The molecule has 0 aliphatic rings. The van der Waals surface area contributed by atoms with Gasteiger partial charge in [0.15, 0.2) is 9.84 Å². The van der Waals surface area contributed by atoms with Crippen LogP contribution in [0.2, 0.25) is 5.02 Å². The van der Waals surface area contributed by atoms with Gasteiger partial charge in [-0.2, -0.15) is 0 Å². The van der Waals surface area contributed by atoms with Crippen molar-refractivity contribution in [2.75, 3.05) is 0 Å². The number of hydrogen-bond acceptors (Lipinski definition) is 3. The van der Waals surface area contributed by atoms with Gasteiger partial charge >= 0.3 is 0 Å². The Morgan fingerprint density at radius 1 is 0.815 bits per heavy atom. The van der Waals surface area contributed by atoms with Crippen molar-refractivity contribution in [2.24, 2.45) is 0 Å². The Kier molecular flexibility index (Phi) is 5.89. The molecule has 0 saturated carbocycles. The van der Waals surface area contributed by atoms with E-state index in [-0.39, 0.29) is 10.7 Å². The monoisotopic (exact) mass is 396 g/mol. The fourth-order valence-electron chi connectivity index (χ4n) is 2.61. The van der Waals surface area contributed by atoms with Crippen LogP contribution in [0.4, 0.5) is 0 Å². The lowest BCUT2D eigenvalue weighted by Crippen LogP contribution is -2.16. The number of benzene rings is 3. The smallest absolute Gasteiger partial charge is 0.204 e. The molecule has 0 saturated heterocycles. The number of carbonyl (C=O) groups is 1. The van der Waals surface area contributed by atoms with Crippen LogP contribution >= 0.6 is 11.6 Å². The molecule has 0 unspecified atom stereocenters. The highest BCUT2D eigenvalue weighted by molar-refractivity contribution is 7.95. The first-order valence-corrected chi connectivity index (χ1v) is 10.3. The zero-order valence-electron chi connectivity index (χ0n) is 14.4. The number of ketones is 1. The summed E-state index contributed by atoms with van der Waals surface area (Å²) in [5.41, 5.74) is 1.55. The SMILES string of the molecule is O=C(/C(=C\c1ccc(Cl)cc1)S(=O)(=O)Cc1ccccc1)c1ccccc1. The molecule has 3 aromatic carbocycles. The summed E-state index contributed by atoms with van der Waals surface area (Å²) in [6.07, 6.45) is 1.41. The third-order valence-corrected chi connectivity index (χ3v) is 5.90. The zero-order valence-corrected chi connectivity index (χ0v) is 16.0. The molecule has 27 heavy (non-hydrogen) atoms. The van der Waals surface area contributed by atoms with Crippen LogP contribution in [0.3, 0.4) is 0 Å². The van der Waals surface area contributed by atoms with Crippen molar-refractivity contribution in [3.63, 3.8) is 0 Å². The molecule has 0 fully saturated rings. The summed E-state index contributed by atoms with van der Waals surface area (Å²) in [4.78, 5) is 12.7. The summed E-state index contributed by atoms with van der Waals surface area (Å²) in [5, 5.41) is 0.537. The summed E-state index contributed by atoms with van der Waals surface area (Å²) < 4.78 is 26.1. The van der Waals surface area contributed by atoms with Crippen molar-refractivity contribution in [1.29, 1.82) is 0 Å². The van der Waals surface area contributed by atoms with E-state index in [2.05, 4.69) is 0 Å². The number of carbonyl (C=O) groups excluding carboxylic acids is 1. The lowest BCUT2D eigenvalue weighted by atomic mass is 10.1. The normalized spacial score (nSPS) is 12.0. The van der Waals surface area contributed by atoms with Gasteiger partial charge in [-0.25, -0.2) is 8.42 Å². The second-order valence-corrected chi connectivity index (χ2v) is 8.39. The van der Waals surface area contributed by atoms with E-state index in [4.69, 9.17) is 11.6 Å². The number of allylic oxidation sites excluding steroid dienone is 1. The minimum absolute atomic E-state index is 0.236. The summed E-state index contributed by atoms with van der Waals surface area (Å²) in [6.45, 7) is 0. The Hall–Kier alpha value is -2.69. The Morgan fingerprint density at radius 3 is 1.96 bits per heavy atom. The van der Waals surface area contributed by atoms with Crippen molar-refractivity contribution < 1.29 is 13.2 Å². The van der Waals surface area contributed by atoms with E-state index < -0.39 is 15.6 Å². The van der Waals surface area contributed by atoms with E-state index in [1.54, 1.807) is 78.9 Å². The van der Waals surface area contributed by atoms with Crippen LogP contribution < -0.4 is 0 Å². The highest BCUT2D eigenvalue weighted by Crippen LogP contribution is 2.23. The first kappa shape index (κ1) is 19.1. The number of sulfone groups is 1. The van der Waals surface area contributed by atoms with Crippen LogP contribution in [0.15, 0.2) is 89.8 Å². The van der Waals surface area contributed by atoms with Crippen molar-refractivity contribution in [3.8, 4) is 0 Å². The van der Waals surface area contributed by atoms with Crippen molar-refractivity contribution >= 4 is 33.3 Å². The van der Waals surface area contributed by atoms with Gasteiger partial charge < -0.3 is 0 Å². The standard InChI is InChI=1S/C22H17ClO3S/c23-20-13-11-17(12-14-20)15-21(22(24)19-9-5-2-6-10-19)27(25,26)16-18-7-3-1-4-8-18/h1-15H,16H2/b21-15+. The number of halogens is 1. The van der Waals surface area contributed by atoms with E-state index in [1.165, 1.54) is 6.08 Å². The summed E-state index contributed by atoms with van der Waals surface area (Å²) in [5.74, 6) is -0.771. The lowest BCUT2D eigenvalue weighted by molar-refractivity contribution is 0.104. The molecule has 0 N–H and O–H groups in total. The lowest BCUT2D eigenvalue weighted by Gasteiger charge is -2.10. The highest BCUT2D eigenvalue weighted by atomic mass is 35.5. The maximum absolute atomic E-state index is 13.1. The molecular weight excluding hydrogens is 380 g/mol. The minimum Gasteiger partial charge on any atom is -0.288 e. The Morgan fingerprint density at radius 2 is 1.37 bits per heavy atom. The fourth-order valence-corrected chi connectivity index (χ4v) is 4.24. The van der Waals surface area contributed by atoms with E-state index in [0.717, 1.165) is 0 Å². The van der Waals surface area contributed by atoms with Gasteiger partial charge in [0, 0.05) is 10.6 Å². The molecule has 0 aliphatic heterocycles. The molecule has 0 amide bonds. The van der Waals surface area contributed by atoms with E-state index in [1.807, 2.05) is 6.07 Å². The average Bonchev–Trinajstić information content (AvgIpc) is 2.68. The molecule has 0 bridgehead atoms. The molecule has 0 aromatic heterocycles. The van der Waals surface area contributed by atoms with Crippen LogP contribution in [-0.4, -0.2) is 14.2 Å². The third kappa shape index (κ3) is 4.94. The summed E-state index contributed by atoms with van der Waals surface area (Å²) >= 11 is 5.90. The van der Waals surface area contributed by atoms with Crippen LogP contribution in [-0.2, 0) is 15.6 Å². The quantitative estimate of drug-likeness (QED) is 0.426. The molecule has 3 aromatic rings. The summed E-state index contributed by atoms with van der Waals surface area (Å²) in [6, 6.07) is 23.9. The van der Waals surface area contributed by atoms with Gasteiger partial charge in [0.2, 0.25) is 5.78 Å². The number of hydrogen-bond donors (Lipinski definition) is 0. The molecule has 136 valence electrons. The van der Waals surface area contributed by atoms with Crippen molar-refractivity contribution in [2.45, 2.75) is 5.75 Å². The van der Waals surface area contributed by atoms with Gasteiger partial charge in [0.25, 0.3) is 0 Å². The van der Waals surface area contributed by atoms with Crippen molar-refractivity contribution in [1.82, 2.24) is 0 Å². The molecule has 3 rings (SSSR count). The maximum Gasteiger partial charge on any atom is 0.204 e. The van der Waals surface area contributed by atoms with Crippen LogP contribution in [0.1, 0.15) is 21.5 Å².